The fourth-order valence-electron chi connectivity index (χ4n) is 4.19. The fraction of sp³-hybridized carbons (Fsp3) is 0.407. The van der Waals surface area contributed by atoms with Crippen molar-refractivity contribution in [3.8, 4) is 11.3 Å². The van der Waals surface area contributed by atoms with E-state index in [1.165, 1.54) is 12.0 Å². The van der Waals surface area contributed by atoms with Crippen molar-refractivity contribution in [2.24, 2.45) is 11.1 Å². The molecule has 6 nitrogen and oxygen atoms in total. The number of nitrogens with zero attached hydrogens (tertiary/aromatic N) is 3. The van der Waals surface area contributed by atoms with Gasteiger partial charge in [0.05, 0.1) is 18.3 Å². The SMILES string of the molecule is COCC(=O)N(C[C@@H](F)CN)[C@@H](c1nc(-c2ccccc2)cn1Cc1cccc(Cl)c1)C(C)(C)C. The maximum absolute atomic E-state index is 14.6. The minimum Gasteiger partial charge on any atom is -0.375 e. The number of alkyl halides is 1. The Morgan fingerprint density at radius 3 is 2.51 bits per heavy atom. The van der Waals surface area contributed by atoms with Crippen LogP contribution in [0.15, 0.2) is 60.8 Å². The molecular weight excluding hydrogens is 467 g/mol. The van der Waals surface area contributed by atoms with E-state index in [-0.39, 0.29) is 25.6 Å². The van der Waals surface area contributed by atoms with Crippen molar-refractivity contribution >= 4 is 17.5 Å². The Kier molecular flexibility index (Phi) is 9.05. The molecule has 0 saturated heterocycles. The normalized spacial score (nSPS) is 13.5. The first-order valence-electron chi connectivity index (χ1n) is 11.6. The molecule has 0 saturated carbocycles. The summed E-state index contributed by atoms with van der Waals surface area (Å²) >= 11 is 6.24. The Bertz CT molecular complexity index is 1110. The largest absolute Gasteiger partial charge is 0.375 e. The third-order valence-corrected chi connectivity index (χ3v) is 5.97. The van der Waals surface area contributed by atoms with Gasteiger partial charge in [0, 0.05) is 37.0 Å². The van der Waals surface area contributed by atoms with Crippen molar-refractivity contribution in [1.82, 2.24) is 14.5 Å². The maximum Gasteiger partial charge on any atom is 0.249 e. The third kappa shape index (κ3) is 6.90. The molecule has 0 unspecified atom stereocenters. The van der Waals surface area contributed by atoms with E-state index in [0.29, 0.717) is 17.4 Å². The Morgan fingerprint density at radius 1 is 1.20 bits per heavy atom. The van der Waals surface area contributed by atoms with Crippen LogP contribution in [-0.4, -0.2) is 53.3 Å². The van der Waals surface area contributed by atoms with Crippen molar-refractivity contribution < 1.29 is 13.9 Å². The van der Waals surface area contributed by atoms with Gasteiger partial charge in [-0.25, -0.2) is 9.37 Å². The average molecular weight is 501 g/mol. The van der Waals surface area contributed by atoms with E-state index >= 15 is 0 Å². The number of carbonyl (C=O) groups excluding carboxylic acids is 1. The maximum atomic E-state index is 14.6. The number of ether oxygens (including phenoxy) is 1. The zero-order valence-electron chi connectivity index (χ0n) is 20.7. The van der Waals surface area contributed by atoms with Gasteiger partial charge in [0.25, 0.3) is 0 Å². The van der Waals surface area contributed by atoms with Crippen LogP contribution in [0.5, 0.6) is 0 Å². The van der Waals surface area contributed by atoms with Crippen LogP contribution in [0.3, 0.4) is 0 Å². The zero-order valence-corrected chi connectivity index (χ0v) is 21.5. The molecule has 3 aromatic rings. The summed E-state index contributed by atoms with van der Waals surface area (Å²) in [6.45, 7) is 6.04. The summed E-state index contributed by atoms with van der Waals surface area (Å²) in [6, 6.07) is 16.9. The molecule has 0 bridgehead atoms. The average Bonchev–Trinajstić information content (AvgIpc) is 3.21. The lowest BCUT2D eigenvalue weighted by Crippen LogP contribution is -2.47. The van der Waals surface area contributed by atoms with Gasteiger partial charge in [-0.15, -0.1) is 0 Å². The van der Waals surface area contributed by atoms with Crippen LogP contribution in [0.2, 0.25) is 5.02 Å². The number of methoxy groups -OCH3 is 1. The van der Waals surface area contributed by atoms with Crippen LogP contribution < -0.4 is 5.73 Å². The Morgan fingerprint density at radius 2 is 1.91 bits per heavy atom. The van der Waals surface area contributed by atoms with E-state index in [0.717, 1.165) is 16.8 Å². The van der Waals surface area contributed by atoms with Crippen LogP contribution in [0.25, 0.3) is 11.3 Å². The summed E-state index contributed by atoms with van der Waals surface area (Å²) in [5.41, 5.74) is 7.83. The predicted molar refractivity (Wildman–Crippen MR) is 138 cm³/mol. The lowest BCUT2D eigenvalue weighted by atomic mass is 9.84. The molecule has 1 aromatic heterocycles. The van der Waals surface area contributed by atoms with E-state index < -0.39 is 17.6 Å². The number of imidazole rings is 1. The summed E-state index contributed by atoms with van der Waals surface area (Å²) in [5, 5.41) is 0.639. The Balaban J connectivity index is 2.17. The monoisotopic (exact) mass is 500 g/mol. The first kappa shape index (κ1) is 26.9. The Labute approximate surface area is 211 Å². The molecule has 0 aliphatic rings. The molecule has 1 heterocycles. The van der Waals surface area contributed by atoms with E-state index in [9.17, 15) is 9.18 Å². The molecule has 0 aliphatic carbocycles. The highest BCUT2D eigenvalue weighted by atomic mass is 35.5. The van der Waals surface area contributed by atoms with Crippen molar-refractivity contribution in [3.05, 3.63) is 77.2 Å². The van der Waals surface area contributed by atoms with Gasteiger partial charge in [0.1, 0.15) is 18.6 Å². The first-order chi connectivity index (χ1) is 16.6. The quantitative estimate of drug-likeness (QED) is 0.420. The smallest absolute Gasteiger partial charge is 0.249 e. The van der Waals surface area contributed by atoms with Crippen molar-refractivity contribution in [3.63, 3.8) is 0 Å². The van der Waals surface area contributed by atoms with Gasteiger partial charge in [-0.1, -0.05) is 74.8 Å². The molecule has 3 rings (SSSR count). The van der Waals surface area contributed by atoms with Crippen LogP contribution in [0, 0.1) is 5.41 Å². The molecule has 2 aromatic carbocycles. The number of carbonyl (C=O) groups is 1. The number of halogens is 2. The number of hydrogen-bond acceptors (Lipinski definition) is 4. The van der Waals surface area contributed by atoms with Gasteiger partial charge < -0.3 is 19.9 Å². The second-order valence-electron chi connectivity index (χ2n) is 9.69. The number of amides is 1. The fourth-order valence-corrected chi connectivity index (χ4v) is 4.41. The number of benzene rings is 2. The molecule has 0 aliphatic heterocycles. The van der Waals surface area contributed by atoms with Crippen LogP contribution >= 0.6 is 11.6 Å². The minimum atomic E-state index is -1.37. The molecular formula is C27H34ClFN4O2. The molecule has 2 atom stereocenters. The van der Waals surface area contributed by atoms with Gasteiger partial charge in [-0.3, -0.25) is 4.79 Å². The number of rotatable bonds is 10. The topological polar surface area (TPSA) is 73.4 Å². The van der Waals surface area contributed by atoms with Crippen molar-refractivity contribution in [2.45, 2.75) is 39.5 Å². The molecule has 188 valence electrons. The standard InChI is InChI=1S/C27H34ClFN4O2/c1-27(2,3)25(33(16-22(29)14-30)24(34)18-35-4)26-31-23(20-10-6-5-7-11-20)17-32(26)15-19-9-8-12-21(28)13-19/h5-13,17,22,25H,14-16,18,30H2,1-4H3/t22-,25-/m0/s1. The summed E-state index contributed by atoms with van der Waals surface area (Å²) in [7, 11) is 1.45. The van der Waals surface area contributed by atoms with E-state index in [2.05, 4.69) is 0 Å². The van der Waals surface area contributed by atoms with Crippen molar-refractivity contribution in [1.29, 1.82) is 0 Å². The summed E-state index contributed by atoms with van der Waals surface area (Å²) < 4.78 is 21.8. The molecule has 0 fully saturated rings. The number of aromatic nitrogens is 2. The van der Waals surface area contributed by atoms with Gasteiger partial charge in [0.15, 0.2) is 0 Å². The molecule has 2 N–H and O–H groups in total. The summed E-state index contributed by atoms with van der Waals surface area (Å²) in [4.78, 5) is 19.7. The Hall–Kier alpha value is -2.74. The van der Waals surface area contributed by atoms with Crippen LogP contribution in [-0.2, 0) is 16.1 Å². The number of nitrogens with two attached hydrogens (primary N) is 1. The van der Waals surface area contributed by atoms with E-state index in [4.69, 9.17) is 27.1 Å². The van der Waals surface area contributed by atoms with Gasteiger partial charge in [-0.05, 0) is 23.1 Å². The van der Waals surface area contributed by atoms with E-state index in [1.807, 2.05) is 86.1 Å². The molecule has 8 heteroatoms. The molecule has 35 heavy (non-hydrogen) atoms. The summed E-state index contributed by atoms with van der Waals surface area (Å²) in [6.07, 6.45) is 0.602. The van der Waals surface area contributed by atoms with Crippen LogP contribution in [0.4, 0.5) is 4.39 Å². The van der Waals surface area contributed by atoms with Gasteiger partial charge in [0.2, 0.25) is 5.91 Å². The van der Waals surface area contributed by atoms with Crippen molar-refractivity contribution in [2.75, 3.05) is 26.8 Å². The highest BCUT2D eigenvalue weighted by molar-refractivity contribution is 6.30. The van der Waals surface area contributed by atoms with Crippen LogP contribution in [0.1, 0.15) is 38.2 Å². The summed E-state index contributed by atoms with van der Waals surface area (Å²) in [5.74, 6) is 0.340. The van der Waals surface area contributed by atoms with E-state index in [1.54, 1.807) is 0 Å². The van der Waals surface area contributed by atoms with Gasteiger partial charge >= 0.3 is 0 Å². The predicted octanol–water partition coefficient (Wildman–Crippen LogP) is 5.11. The second-order valence-corrected chi connectivity index (χ2v) is 10.1. The highest BCUT2D eigenvalue weighted by Crippen LogP contribution is 2.39. The lowest BCUT2D eigenvalue weighted by Gasteiger charge is -2.40. The molecule has 1 amide bonds. The molecule has 0 spiro atoms. The zero-order chi connectivity index (χ0) is 25.6. The minimum absolute atomic E-state index is 0.147. The first-order valence-corrected chi connectivity index (χ1v) is 12.0. The second kappa shape index (κ2) is 11.8. The number of hydrogen-bond donors (Lipinski definition) is 1. The lowest BCUT2D eigenvalue weighted by molar-refractivity contribution is -0.141. The highest BCUT2D eigenvalue weighted by Gasteiger charge is 2.39. The van der Waals surface area contributed by atoms with Gasteiger partial charge in [-0.2, -0.15) is 0 Å². The third-order valence-electron chi connectivity index (χ3n) is 5.73. The molecule has 0 radical (unpaired) electrons.